The van der Waals surface area contributed by atoms with E-state index in [0.717, 1.165) is 5.69 Å². The Hall–Kier alpha value is -2.29. The van der Waals surface area contributed by atoms with Crippen molar-refractivity contribution in [3.63, 3.8) is 0 Å². The van der Waals surface area contributed by atoms with E-state index in [-0.39, 0.29) is 18.1 Å². The Morgan fingerprint density at radius 3 is 2.00 bits per heavy atom. The minimum Gasteiger partial charge on any atom is -0.460 e. The molecule has 0 aromatic heterocycles. The van der Waals surface area contributed by atoms with Gasteiger partial charge in [0.1, 0.15) is 5.60 Å². The van der Waals surface area contributed by atoms with Crippen molar-refractivity contribution in [2.75, 3.05) is 4.90 Å². The molecule has 3 heteroatoms. The van der Waals surface area contributed by atoms with Crippen LogP contribution in [0.1, 0.15) is 52.6 Å². The van der Waals surface area contributed by atoms with Crippen molar-refractivity contribution in [2.24, 2.45) is 0 Å². The van der Waals surface area contributed by atoms with Crippen molar-refractivity contribution in [1.29, 1.82) is 0 Å². The van der Waals surface area contributed by atoms with Gasteiger partial charge >= 0.3 is 5.97 Å². The molecule has 3 nitrogen and oxygen atoms in total. The van der Waals surface area contributed by atoms with Gasteiger partial charge in [-0.3, -0.25) is 4.79 Å². The Bertz CT molecular complexity index is 661. The molecule has 0 N–H and O–H groups in total. The zero-order chi connectivity index (χ0) is 18.4. The predicted octanol–water partition coefficient (Wildman–Crippen LogP) is 5.37. The van der Waals surface area contributed by atoms with Gasteiger partial charge in [-0.05, 0) is 52.3 Å². The lowest BCUT2D eigenvalue weighted by molar-refractivity contribution is -0.155. The van der Waals surface area contributed by atoms with Crippen LogP contribution in [0.2, 0.25) is 0 Å². The van der Waals surface area contributed by atoms with Crippen molar-refractivity contribution in [1.82, 2.24) is 0 Å². The molecule has 0 aliphatic heterocycles. The van der Waals surface area contributed by atoms with E-state index in [0.29, 0.717) is 6.42 Å². The topological polar surface area (TPSA) is 29.5 Å². The molecule has 2 rings (SSSR count). The number of para-hydroxylation sites is 1. The lowest BCUT2D eigenvalue weighted by Crippen LogP contribution is -2.38. The summed E-state index contributed by atoms with van der Waals surface area (Å²) in [6.45, 7) is 9.95. The van der Waals surface area contributed by atoms with E-state index in [4.69, 9.17) is 4.74 Å². The van der Waals surface area contributed by atoms with E-state index < -0.39 is 5.60 Å². The van der Waals surface area contributed by atoms with Crippen LogP contribution in [0.5, 0.6) is 0 Å². The molecule has 2 aromatic rings. The maximum absolute atomic E-state index is 12.3. The zero-order valence-corrected chi connectivity index (χ0v) is 15.9. The number of hydrogen-bond donors (Lipinski definition) is 0. The Morgan fingerprint density at radius 2 is 1.48 bits per heavy atom. The summed E-state index contributed by atoms with van der Waals surface area (Å²) in [4.78, 5) is 14.6. The van der Waals surface area contributed by atoms with Crippen LogP contribution in [0.15, 0.2) is 60.7 Å². The van der Waals surface area contributed by atoms with Gasteiger partial charge in [0.25, 0.3) is 0 Å². The highest BCUT2D eigenvalue weighted by Crippen LogP contribution is 2.30. The minimum atomic E-state index is -0.459. The van der Waals surface area contributed by atoms with Crippen molar-refractivity contribution in [3.05, 3.63) is 66.2 Å². The first-order chi connectivity index (χ1) is 11.8. The van der Waals surface area contributed by atoms with Crippen molar-refractivity contribution in [2.45, 2.75) is 58.7 Å². The molecule has 0 aliphatic rings. The number of ether oxygens (including phenoxy) is 1. The number of esters is 1. The fraction of sp³-hybridized carbons (Fsp3) is 0.409. The number of benzene rings is 2. The molecule has 0 bridgehead atoms. The molecule has 0 fully saturated rings. The third kappa shape index (κ3) is 5.63. The molecule has 0 amide bonds. The summed E-state index contributed by atoms with van der Waals surface area (Å²) in [6, 6.07) is 20.8. The second-order valence-electron chi connectivity index (χ2n) is 7.47. The van der Waals surface area contributed by atoms with E-state index in [1.165, 1.54) is 5.56 Å². The molecule has 2 atom stereocenters. The van der Waals surface area contributed by atoms with Crippen molar-refractivity contribution < 1.29 is 9.53 Å². The Morgan fingerprint density at radius 1 is 0.960 bits per heavy atom. The number of carbonyl (C=O) groups is 1. The van der Waals surface area contributed by atoms with Crippen LogP contribution in [0.4, 0.5) is 5.69 Å². The highest BCUT2D eigenvalue weighted by molar-refractivity contribution is 5.71. The predicted molar refractivity (Wildman–Crippen MR) is 104 cm³/mol. The average Bonchev–Trinajstić information content (AvgIpc) is 2.55. The number of nitrogens with zero attached hydrogens (tertiary/aromatic N) is 1. The van der Waals surface area contributed by atoms with Gasteiger partial charge in [0, 0.05) is 11.7 Å². The first kappa shape index (κ1) is 19.0. The van der Waals surface area contributed by atoms with Crippen LogP contribution in [-0.2, 0) is 9.53 Å². The summed E-state index contributed by atoms with van der Waals surface area (Å²) in [6.07, 6.45) is 0.351. The van der Waals surface area contributed by atoms with Crippen LogP contribution < -0.4 is 4.90 Å². The average molecular weight is 339 g/mol. The third-order valence-electron chi connectivity index (χ3n) is 4.11. The van der Waals surface area contributed by atoms with Gasteiger partial charge in [0.15, 0.2) is 0 Å². The van der Waals surface area contributed by atoms with E-state index >= 15 is 0 Å². The molecule has 0 saturated carbocycles. The fourth-order valence-corrected chi connectivity index (χ4v) is 3.07. The third-order valence-corrected chi connectivity index (χ3v) is 4.11. The smallest absolute Gasteiger partial charge is 0.308 e. The fourth-order valence-electron chi connectivity index (χ4n) is 3.07. The summed E-state index contributed by atoms with van der Waals surface area (Å²) in [7, 11) is 0. The van der Waals surface area contributed by atoms with Crippen molar-refractivity contribution in [3.8, 4) is 0 Å². The van der Waals surface area contributed by atoms with Crippen LogP contribution in [0.25, 0.3) is 0 Å². The molecule has 25 heavy (non-hydrogen) atoms. The van der Waals surface area contributed by atoms with Gasteiger partial charge < -0.3 is 9.64 Å². The standard InChI is InChI=1S/C22H29NO2/c1-17(16-21(24)25-22(3,4)5)23(20-14-10-7-11-15-20)18(2)19-12-8-6-9-13-19/h6-15,17-18H,16H2,1-5H3. The maximum Gasteiger partial charge on any atom is 0.308 e. The molecule has 0 spiro atoms. The SMILES string of the molecule is CC(CC(=O)OC(C)(C)C)N(c1ccccc1)C(C)c1ccccc1. The van der Waals surface area contributed by atoms with E-state index in [1.54, 1.807) is 0 Å². The van der Waals surface area contributed by atoms with Gasteiger partial charge in [-0.1, -0.05) is 48.5 Å². The molecule has 2 aromatic carbocycles. The largest absolute Gasteiger partial charge is 0.460 e. The van der Waals surface area contributed by atoms with Gasteiger partial charge in [0.2, 0.25) is 0 Å². The summed E-state index contributed by atoms with van der Waals surface area (Å²) < 4.78 is 5.51. The Labute approximate surface area is 151 Å². The quantitative estimate of drug-likeness (QED) is 0.662. The molecule has 2 unspecified atom stereocenters. The number of carbonyl (C=O) groups excluding carboxylic acids is 1. The normalized spacial score (nSPS) is 13.8. The van der Waals surface area contributed by atoms with Crippen LogP contribution in [0.3, 0.4) is 0 Å². The van der Waals surface area contributed by atoms with Gasteiger partial charge in [-0.25, -0.2) is 0 Å². The summed E-state index contributed by atoms with van der Waals surface area (Å²) in [5.74, 6) is -0.166. The molecule has 0 aliphatic carbocycles. The van der Waals surface area contributed by atoms with Crippen molar-refractivity contribution >= 4 is 11.7 Å². The lowest BCUT2D eigenvalue weighted by atomic mass is 10.0. The minimum absolute atomic E-state index is 0.0208. The second-order valence-corrected chi connectivity index (χ2v) is 7.47. The zero-order valence-electron chi connectivity index (χ0n) is 15.9. The Balaban J connectivity index is 2.24. The first-order valence-electron chi connectivity index (χ1n) is 8.88. The van der Waals surface area contributed by atoms with Gasteiger partial charge in [-0.15, -0.1) is 0 Å². The number of rotatable bonds is 6. The molecular weight excluding hydrogens is 310 g/mol. The maximum atomic E-state index is 12.3. The first-order valence-corrected chi connectivity index (χ1v) is 8.88. The number of hydrogen-bond acceptors (Lipinski definition) is 3. The van der Waals surface area contributed by atoms with Crippen LogP contribution in [0, 0.1) is 0 Å². The summed E-state index contributed by atoms with van der Waals surface area (Å²) in [5, 5.41) is 0. The molecular formula is C22H29NO2. The highest BCUT2D eigenvalue weighted by atomic mass is 16.6. The summed E-state index contributed by atoms with van der Waals surface area (Å²) >= 11 is 0. The molecule has 0 saturated heterocycles. The lowest BCUT2D eigenvalue weighted by Gasteiger charge is -2.37. The summed E-state index contributed by atoms with van der Waals surface area (Å²) in [5.41, 5.74) is 1.87. The van der Waals surface area contributed by atoms with E-state index in [2.05, 4.69) is 43.0 Å². The van der Waals surface area contributed by atoms with Crippen LogP contribution >= 0.6 is 0 Å². The Kier molecular flexibility index (Phi) is 6.24. The van der Waals surface area contributed by atoms with Gasteiger partial charge in [0.05, 0.1) is 12.5 Å². The van der Waals surface area contributed by atoms with Gasteiger partial charge in [-0.2, -0.15) is 0 Å². The molecule has 134 valence electrons. The highest BCUT2D eigenvalue weighted by Gasteiger charge is 2.26. The number of anilines is 1. The second kappa shape index (κ2) is 8.19. The molecule has 0 heterocycles. The van der Waals surface area contributed by atoms with E-state index in [9.17, 15) is 4.79 Å². The van der Waals surface area contributed by atoms with E-state index in [1.807, 2.05) is 57.2 Å². The van der Waals surface area contributed by atoms with Crippen LogP contribution in [-0.4, -0.2) is 17.6 Å². The molecule has 0 radical (unpaired) electrons. The monoisotopic (exact) mass is 339 g/mol.